The topological polar surface area (TPSA) is 156 Å². The largest absolute Gasteiger partial charge is 0.457 e. The van der Waals surface area contributed by atoms with Gasteiger partial charge in [-0.05, 0) is 18.2 Å². The summed E-state index contributed by atoms with van der Waals surface area (Å²) in [5.41, 5.74) is 3.93. The molecule has 1 amide bonds. The van der Waals surface area contributed by atoms with Crippen LogP contribution in [0.1, 0.15) is 26.3 Å². The lowest BCUT2D eigenvalue weighted by Gasteiger charge is -2.07. The van der Waals surface area contributed by atoms with E-state index in [1.807, 2.05) is 0 Å². The Bertz CT molecular complexity index is 929. The van der Waals surface area contributed by atoms with Crippen molar-refractivity contribution in [2.24, 2.45) is 5.73 Å². The van der Waals surface area contributed by atoms with Crippen LogP contribution in [0.5, 0.6) is 0 Å². The van der Waals surface area contributed by atoms with Gasteiger partial charge in [0.15, 0.2) is 0 Å². The Kier molecular flexibility index (Phi) is 5.48. The molecule has 0 unspecified atom stereocenters. The Morgan fingerprint density at radius 2 is 1.77 bits per heavy atom. The Balaban J connectivity index is 2.25. The minimum atomic E-state index is -0.994. The smallest absolute Gasteiger partial charge is 0.340 e. The molecule has 134 valence electrons. The summed E-state index contributed by atoms with van der Waals surface area (Å²) in [6.07, 6.45) is 0. The van der Waals surface area contributed by atoms with Crippen molar-refractivity contribution in [3.05, 3.63) is 78.3 Å². The summed E-state index contributed by atoms with van der Waals surface area (Å²) in [7, 11) is 0. The number of nitro groups is 2. The molecule has 0 aliphatic rings. The first-order chi connectivity index (χ1) is 12.2. The first-order valence-electron chi connectivity index (χ1n) is 6.89. The van der Waals surface area contributed by atoms with Crippen LogP contribution in [0, 0.1) is 20.2 Å². The Hall–Kier alpha value is -3.53. The van der Waals surface area contributed by atoms with Crippen LogP contribution < -0.4 is 5.73 Å². The Labute approximate surface area is 150 Å². The summed E-state index contributed by atoms with van der Waals surface area (Å²) in [6, 6.07) is 6.66. The second-order valence-corrected chi connectivity index (χ2v) is 5.37. The fourth-order valence-corrected chi connectivity index (χ4v) is 2.21. The monoisotopic (exact) mass is 379 g/mol. The number of non-ortho nitro benzene ring substituents is 1. The Morgan fingerprint density at radius 3 is 2.35 bits per heavy atom. The van der Waals surface area contributed by atoms with Gasteiger partial charge in [0.2, 0.25) is 5.91 Å². The van der Waals surface area contributed by atoms with Gasteiger partial charge in [-0.3, -0.25) is 25.0 Å². The quantitative estimate of drug-likeness (QED) is 0.459. The van der Waals surface area contributed by atoms with Crippen LogP contribution in [0.25, 0.3) is 0 Å². The molecule has 0 radical (unpaired) electrons. The second kappa shape index (κ2) is 7.57. The number of ether oxygens (including phenoxy) is 1. The second-order valence-electron chi connectivity index (χ2n) is 4.96. The minimum Gasteiger partial charge on any atom is -0.457 e. The fourth-order valence-electron chi connectivity index (χ4n) is 2.01. The van der Waals surface area contributed by atoms with E-state index in [9.17, 15) is 29.8 Å². The van der Waals surface area contributed by atoms with Crippen LogP contribution in [0.4, 0.5) is 11.4 Å². The van der Waals surface area contributed by atoms with Crippen molar-refractivity contribution in [3.63, 3.8) is 0 Å². The molecule has 0 atom stereocenters. The molecule has 0 heterocycles. The molecule has 2 aromatic carbocycles. The average Bonchev–Trinajstić information content (AvgIpc) is 2.59. The van der Waals surface area contributed by atoms with Gasteiger partial charge in [-0.2, -0.15) is 0 Å². The predicted octanol–water partition coefficient (Wildman–Crippen LogP) is 2.61. The lowest BCUT2D eigenvalue weighted by atomic mass is 10.1. The van der Waals surface area contributed by atoms with Crippen LogP contribution in [-0.2, 0) is 11.3 Å². The molecular weight excluding hydrogens is 370 g/mol. The molecule has 10 nitrogen and oxygen atoms in total. The molecule has 2 aromatic rings. The van der Waals surface area contributed by atoms with Gasteiger partial charge in [0.1, 0.15) is 6.61 Å². The van der Waals surface area contributed by atoms with Crippen molar-refractivity contribution in [1.82, 2.24) is 0 Å². The maximum absolute atomic E-state index is 12.1. The number of hydrogen-bond donors (Lipinski definition) is 1. The minimum absolute atomic E-state index is 0.00917. The fraction of sp³-hybridized carbons (Fsp3) is 0.0667. The number of nitro benzene ring substituents is 2. The van der Waals surface area contributed by atoms with Crippen molar-refractivity contribution in [2.75, 3.05) is 0 Å². The number of primary amides is 1. The number of esters is 1. The maximum atomic E-state index is 12.1. The van der Waals surface area contributed by atoms with E-state index < -0.39 is 34.0 Å². The molecule has 2 rings (SSSR count). The van der Waals surface area contributed by atoms with E-state index >= 15 is 0 Å². The van der Waals surface area contributed by atoms with E-state index in [1.54, 1.807) is 0 Å². The number of benzene rings is 2. The normalized spacial score (nSPS) is 10.2. The van der Waals surface area contributed by atoms with Gasteiger partial charge in [-0.1, -0.05) is 11.6 Å². The van der Waals surface area contributed by atoms with Gasteiger partial charge in [0.25, 0.3) is 11.4 Å². The van der Waals surface area contributed by atoms with Crippen molar-refractivity contribution < 1.29 is 24.2 Å². The van der Waals surface area contributed by atoms with Crippen molar-refractivity contribution in [3.8, 4) is 0 Å². The summed E-state index contributed by atoms with van der Waals surface area (Å²) in [4.78, 5) is 43.6. The van der Waals surface area contributed by atoms with E-state index in [2.05, 4.69) is 0 Å². The van der Waals surface area contributed by atoms with Crippen LogP contribution >= 0.6 is 11.6 Å². The van der Waals surface area contributed by atoms with E-state index in [0.717, 1.165) is 18.2 Å². The predicted molar refractivity (Wildman–Crippen MR) is 88.8 cm³/mol. The highest BCUT2D eigenvalue weighted by molar-refractivity contribution is 6.33. The summed E-state index contributed by atoms with van der Waals surface area (Å²) in [6.45, 7) is -0.507. The SMILES string of the molecule is NC(=O)c1ccc(COC(=O)c2cc([N+](=O)[O-])ccc2Cl)c([N+](=O)[O-])c1. The summed E-state index contributed by atoms with van der Waals surface area (Å²) < 4.78 is 4.95. The van der Waals surface area contributed by atoms with Gasteiger partial charge >= 0.3 is 5.97 Å². The highest BCUT2D eigenvalue weighted by atomic mass is 35.5. The number of amides is 1. The molecule has 0 saturated carbocycles. The zero-order valence-electron chi connectivity index (χ0n) is 12.9. The van der Waals surface area contributed by atoms with E-state index in [4.69, 9.17) is 22.1 Å². The van der Waals surface area contributed by atoms with Crippen LogP contribution in [-0.4, -0.2) is 21.7 Å². The first-order valence-corrected chi connectivity index (χ1v) is 7.26. The van der Waals surface area contributed by atoms with E-state index in [0.29, 0.717) is 0 Å². The molecule has 0 aliphatic carbocycles. The lowest BCUT2D eigenvalue weighted by molar-refractivity contribution is -0.385. The lowest BCUT2D eigenvalue weighted by Crippen LogP contribution is -2.12. The molecule has 0 aliphatic heterocycles. The number of nitrogens with zero attached hydrogens (tertiary/aromatic N) is 2. The number of halogens is 1. The molecule has 0 bridgehead atoms. The van der Waals surface area contributed by atoms with Gasteiger partial charge in [0.05, 0.1) is 26.0 Å². The van der Waals surface area contributed by atoms with Crippen molar-refractivity contribution >= 4 is 34.9 Å². The van der Waals surface area contributed by atoms with Crippen molar-refractivity contribution in [1.29, 1.82) is 0 Å². The number of rotatable bonds is 6. The number of carbonyl (C=O) groups is 2. The van der Waals surface area contributed by atoms with Gasteiger partial charge < -0.3 is 10.5 Å². The van der Waals surface area contributed by atoms with Gasteiger partial charge in [-0.15, -0.1) is 0 Å². The van der Waals surface area contributed by atoms with Crippen LogP contribution in [0.15, 0.2) is 36.4 Å². The molecule has 2 N–H and O–H groups in total. The summed E-state index contributed by atoms with van der Waals surface area (Å²) >= 11 is 5.83. The van der Waals surface area contributed by atoms with E-state index in [-0.39, 0.29) is 27.4 Å². The molecule has 0 fully saturated rings. The Morgan fingerprint density at radius 1 is 1.08 bits per heavy atom. The maximum Gasteiger partial charge on any atom is 0.340 e. The van der Waals surface area contributed by atoms with Gasteiger partial charge in [-0.25, -0.2) is 4.79 Å². The standard InChI is InChI=1S/C15H10ClN3O7/c16-12-4-3-10(18(22)23)6-11(12)15(21)26-7-9-2-1-8(14(17)20)5-13(9)19(24)25/h1-6H,7H2,(H2,17,20). The molecule has 0 saturated heterocycles. The highest BCUT2D eigenvalue weighted by Crippen LogP contribution is 2.25. The van der Waals surface area contributed by atoms with Crippen LogP contribution in [0.2, 0.25) is 5.02 Å². The molecule has 0 aromatic heterocycles. The third-order valence-corrected chi connectivity index (χ3v) is 3.64. The first kappa shape index (κ1) is 18.8. The highest BCUT2D eigenvalue weighted by Gasteiger charge is 2.20. The number of nitrogens with two attached hydrogens (primary N) is 1. The third-order valence-electron chi connectivity index (χ3n) is 3.31. The number of carbonyl (C=O) groups excluding carboxylic acids is 2. The average molecular weight is 380 g/mol. The van der Waals surface area contributed by atoms with Gasteiger partial charge in [0, 0.05) is 23.8 Å². The van der Waals surface area contributed by atoms with E-state index in [1.165, 1.54) is 18.2 Å². The van der Waals surface area contributed by atoms with Crippen LogP contribution in [0.3, 0.4) is 0 Å². The molecule has 26 heavy (non-hydrogen) atoms. The number of hydrogen-bond acceptors (Lipinski definition) is 7. The molecule has 0 spiro atoms. The molecule has 11 heteroatoms. The summed E-state index contributed by atoms with van der Waals surface area (Å²) in [5, 5.41) is 21.8. The summed E-state index contributed by atoms with van der Waals surface area (Å²) in [5.74, 6) is -1.84. The van der Waals surface area contributed by atoms with Crippen molar-refractivity contribution in [2.45, 2.75) is 6.61 Å². The zero-order chi connectivity index (χ0) is 19.4. The third kappa shape index (κ3) is 4.11. The zero-order valence-corrected chi connectivity index (χ0v) is 13.6. The molecular formula is C15H10ClN3O7.